The average molecular weight is 418 g/mol. The molecule has 146 valence electrons. The summed E-state index contributed by atoms with van der Waals surface area (Å²) in [5, 5.41) is 23.4. The van der Waals surface area contributed by atoms with E-state index in [1.807, 2.05) is 0 Å². The van der Waals surface area contributed by atoms with Gasteiger partial charge in [-0.15, -0.1) is 11.8 Å². The highest BCUT2D eigenvalue weighted by Crippen LogP contribution is 2.40. The summed E-state index contributed by atoms with van der Waals surface area (Å²) in [5.41, 5.74) is 5.15. The van der Waals surface area contributed by atoms with Crippen LogP contribution in [-0.4, -0.2) is 47.7 Å². The highest BCUT2D eigenvalue weighted by atomic mass is 35.5. The molecule has 1 aromatic carbocycles. The van der Waals surface area contributed by atoms with Gasteiger partial charge in [-0.2, -0.15) is 9.97 Å². The standard InChI is InChI=1S/C19H20ClN5O2S/c1-9-3-2-4-11-10(9)5-6-12(11)22-16-14-17(24-19(20)23-16)25(8-21-14)18-15(27)13(26)7-28-18/h2-4,8,12-13,15,18,26-27H,5-7H2,1H3,(H,22,23,24)/t12-,13-,15-,18-/m1/s1. The van der Waals surface area contributed by atoms with Crippen LogP contribution in [0.5, 0.6) is 0 Å². The Labute approximate surface area is 171 Å². The van der Waals surface area contributed by atoms with E-state index in [1.165, 1.54) is 28.5 Å². The van der Waals surface area contributed by atoms with E-state index in [-0.39, 0.29) is 16.7 Å². The molecule has 2 aliphatic rings. The first-order valence-corrected chi connectivity index (χ1v) is 10.7. The van der Waals surface area contributed by atoms with Crippen molar-refractivity contribution in [2.75, 3.05) is 11.1 Å². The van der Waals surface area contributed by atoms with Crippen LogP contribution in [0.2, 0.25) is 5.28 Å². The molecule has 2 aromatic heterocycles. The first kappa shape index (κ1) is 18.2. The number of thioether (sulfide) groups is 1. The number of imidazole rings is 1. The molecule has 0 amide bonds. The van der Waals surface area contributed by atoms with Gasteiger partial charge >= 0.3 is 0 Å². The second-order valence-electron chi connectivity index (χ2n) is 7.33. The Morgan fingerprint density at radius 2 is 2.14 bits per heavy atom. The summed E-state index contributed by atoms with van der Waals surface area (Å²) in [7, 11) is 0. The van der Waals surface area contributed by atoms with Crippen LogP contribution < -0.4 is 5.32 Å². The molecule has 0 radical (unpaired) electrons. The van der Waals surface area contributed by atoms with Crippen molar-refractivity contribution in [2.45, 2.75) is 43.4 Å². The Bertz CT molecular complexity index is 1060. The fraction of sp³-hybridized carbons (Fsp3) is 0.421. The van der Waals surface area contributed by atoms with E-state index in [1.54, 1.807) is 10.9 Å². The third-order valence-electron chi connectivity index (χ3n) is 5.61. The summed E-state index contributed by atoms with van der Waals surface area (Å²) in [6.45, 7) is 2.14. The van der Waals surface area contributed by atoms with Crippen molar-refractivity contribution in [3.8, 4) is 0 Å². The van der Waals surface area contributed by atoms with Crippen LogP contribution in [-0.2, 0) is 6.42 Å². The first-order chi connectivity index (χ1) is 13.5. The number of halogens is 1. The topological polar surface area (TPSA) is 96.1 Å². The van der Waals surface area contributed by atoms with Gasteiger partial charge in [0.2, 0.25) is 5.28 Å². The average Bonchev–Trinajstić information content (AvgIpc) is 3.35. The molecular weight excluding hydrogens is 398 g/mol. The van der Waals surface area contributed by atoms with E-state index in [0.717, 1.165) is 12.8 Å². The third-order valence-corrected chi connectivity index (χ3v) is 7.16. The summed E-state index contributed by atoms with van der Waals surface area (Å²) in [5.74, 6) is 1.05. The van der Waals surface area contributed by atoms with Gasteiger partial charge in [-0.3, -0.25) is 4.57 Å². The molecule has 3 N–H and O–H groups in total. The Kier molecular flexibility index (Phi) is 4.46. The predicted octanol–water partition coefficient (Wildman–Crippen LogP) is 2.85. The molecule has 5 rings (SSSR count). The van der Waals surface area contributed by atoms with Gasteiger partial charge in [0.05, 0.1) is 18.5 Å². The lowest BCUT2D eigenvalue weighted by Crippen LogP contribution is -2.27. The fourth-order valence-electron chi connectivity index (χ4n) is 4.16. The minimum atomic E-state index is -0.878. The molecule has 1 fully saturated rings. The van der Waals surface area contributed by atoms with E-state index < -0.39 is 12.2 Å². The third kappa shape index (κ3) is 2.86. The van der Waals surface area contributed by atoms with Crippen LogP contribution in [0, 0.1) is 6.92 Å². The van der Waals surface area contributed by atoms with Crippen molar-refractivity contribution < 1.29 is 10.2 Å². The molecular formula is C19H20ClN5O2S. The van der Waals surface area contributed by atoms with Crippen LogP contribution in [0.25, 0.3) is 11.2 Å². The normalized spacial score (nSPS) is 26.7. The van der Waals surface area contributed by atoms with Gasteiger partial charge < -0.3 is 15.5 Å². The van der Waals surface area contributed by atoms with Crippen molar-refractivity contribution >= 4 is 40.3 Å². The number of nitrogens with zero attached hydrogens (tertiary/aromatic N) is 4. The van der Waals surface area contributed by atoms with Gasteiger partial charge in [-0.1, -0.05) is 18.2 Å². The van der Waals surface area contributed by atoms with E-state index in [9.17, 15) is 10.2 Å². The number of benzene rings is 1. The van der Waals surface area contributed by atoms with Crippen molar-refractivity contribution in [1.29, 1.82) is 0 Å². The lowest BCUT2D eigenvalue weighted by molar-refractivity contribution is 0.0313. The molecule has 4 atom stereocenters. The van der Waals surface area contributed by atoms with Crippen molar-refractivity contribution in [3.63, 3.8) is 0 Å². The quantitative estimate of drug-likeness (QED) is 0.564. The number of aliphatic hydroxyl groups excluding tert-OH is 2. The highest BCUT2D eigenvalue weighted by Gasteiger charge is 2.37. The molecule has 3 aromatic rings. The number of hydrogen-bond donors (Lipinski definition) is 3. The molecule has 1 saturated heterocycles. The highest BCUT2D eigenvalue weighted by molar-refractivity contribution is 7.99. The number of fused-ring (bicyclic) bond motifs is 2. The lowest BCUT2D eigenvalue weighted by atomic mass is 10.0. The molecule has 0 bridgehead atoms. The molecule has 0 saturated carbocycles. The maximum atomic E-state index is 10.3. The number of rotatable bonds is 3. The SMILES string of the molecule is Cc1cccc2c1CC[C@H]2Nc1nc(Cl)nc2c1ncn2[C@@H]1SC[C@@H](O)[C@H]1O. The zero-order chi connectivity index (χ0) is 19.4. The monoisotopic (exact) mass is 417 g/mol. The summed E-state index contributed by atoms with van der Waals surface area (Å²) < 4.78 is 1.77. The minimum absolute atomic E-state index is 0.122. The minimum Gasteiger partial charge on any atom is -0.389 e. The Morgan fingerprint density at radius 1 is 1.29 bits per heavy atom. The predicted molar refractivity (Wildman–Crippen MR) is 110 cm³/mol. The summed E-state index contributed by atoms with van der Waals surface area (Å²) in [4.78, 5) is 13.2. The zero-order valence-electron chi connectivity index (χ0n) is 15.2. The van der Waals surface area contributed by atoms with Gasteiger partial charge in [-0.25, -0.2) is 4.98 Å². The van der Waals surface area contributed by atoms with E-state index >= 15 is 0 Å². The number of anilines is 1. The molecule has 0 unspecified atom stereocenters. The molecule has 9 heteroatoms. The maximum absolute atomic E-state index is 10.3. The number of aliphatic hydroxyl groups is 2. The molecule has 1 aliphatic carbocycles. The van der Waals surface area contributed by atoms with Gasteiger partial charge in [0.25, 0.3) is 0 Å². The van der Waals surface area contributed by atoms with Crippen LogP contribution in [0.3, 0.4) is 0 Å². The van der Waals surface area contributed by atoms with Gasteiger partial charge in [0.1, 0.15) is 11.5 Å². The van der Waals surface area contributed by atoms with Gasteiger partial charge in [0, 0.05) is 5.75 Å². The number of aryl methyl sites for hydroxylation is 1. The van der Waals surface area contributed by atoms with Crippen LogP contribution >= 0.6 is 23.4 Å². The lowest BCUT2D eigenvalue weighted by Gasteiger charge is -2.18. The summed E-state index contributed by atoms with van der Waals surface area (Å²) in [6, 6.07) is 6.51. The van der Waals surface area contributed by atoms with Crippen molar-refractivity contribution in [3.05, 3.63) is 46.5 Å². The van der Waals surface area contributed by atoms with Gasteiger partial charge in [-0.05, 0) is 48.1 Å². The maximum Gasteiger partial charge on any atom is 0.226 e. The largest absolute Gasteiger partial charge is 0.389 e. The second-order valence-corrected chi connectivity index (χ2v) is 8.81. The van der Waals surface area contributed by atoms with E-state index in [0.29, 0.717) is 22.7 Å². The zero-order valence-corrected chi connectivity index (χ0v) is 16.8. The Balaban J connectivity index is 1.53. The van der Waals surface area contributed by atoms with Crippen molar-refractivity contribution in [1.82, 2.24) is 19.5 Å². The number of nitrogens with one attached hydrogen (secondary N) is 1. The van der Waals surface area contributed by atoms with Gasteiger partial charge in [0.15, 0.2) is 17.0 Å². The van der Waals surface area contributed by atoms with Crippen LogP contribution in [0.4, 0.5) is 5.82 Å². The molecule has 3 heterocycles. The smallest absolute Gasteiger partial charge is 0.226 e. The fourth-order valence-corrected chi connectivity index (χ4v) is 5.61. The first-order valence-electron chi connectivity index (χ1n) is 9.25. The molecule has 7 nitrogen and oxygen atoms in total. The Morgan fingerprint density at radius 3 is 2.93 bits per heavy atom. The molecule has 0 spiro atoms. The van der Waals surface area contributed by atoms with Crippen LogP contribution in [0.15, 0.2) is 24.5 Å². The van der Waals surface area contributed by atoms with E-state index in [2.05, 4.69) is 45.4 Å². The van der Waals surface area contributed by atoms with Crippen molar-refractivity contribution in [2.24, 2.45) is 0 Å². The van der Waals surface area contributed by atoms with E-state index in [4.69, 9.17) is 11.6 Å². The number of aromatic nitrogens is 4. The second kappa shape index (κ2) is 6.88. The Hall–Kier alpha value is -1.87. The molecule has 1 aliphatic heterocycles. The number of hydrogen-bond acceptors (Lipinski definition) is 7. The summed E-state index contributed by atoms with van der Waals surface area (Å²) in [6.07, 6.45) is 2.00. The van der Waals surface area contributed by atoms with Crippen LogP contribution in [0.1, 0.15) is 34.5 Å². The molecule has 28 heavy (non-hydrogen) atoms. The summed E-state index contributed by atoms with van der Waals surface area (Å²) >= 11 is 7.68.